The molecule has 0 saturated heterocycles. The van der Waals surface area contributed by atoms with E-state index < -0.39 is 0 Å². The summed E-state index contributed by atoms with van der Waals surface area (Å²) in [7, 11) is 0. The summed E-state index contributed by atoms with van der Waals surface area (Å²) in [5.41, 5.74) is 8.07. The topological polar surface area (TPSA) is 49.9 Å². The van der Waals surface area contributed by atoms with Crippen molar-refractivity contribution < 1.29 is 0 Å². The highest BCUT2D eigenvalue weighted by Gasteiger charge is 2.05. The highest BCUT2D eigenvalue weighted by atomic mass is 32.2. The average molecular weight is 222 g/mol. The first-order valence-electron chi connectivity index (χ1n) is 5.08. The Kier molecular flexibility index (Phi) is 4.69. The predicted octanol–water partition coefficient (Wildman–Crippen LogP) is 2.94. The zero-order valence-electron chi connectivity index (χ0n) is 9.29. The van der Waals surface area contributed by atoms with Crippen LogP contribution < -0.4 is 5.73 Å². The van der Waals surface area contributed by atoms with Crippen molar-refractivity contribution in [2.45, 2.75) is 31.3 Å². The number of hydrogen-bond donors (Lipinski definition) is 2. The molecule has 1 aromatic rings. The Morgan fingerprint density at radius 1 is 1.47 bits per heavy atom. The molecule has 2 nitrogen and oxygen atoms in total. The van der Waals surface area contributed by atoms with Crippen LogP contribution in [0.25, 0.3) is 0 Å². The van der Waals surface area contributed by atoms with Crippen molar-refractivity contribution in [3.8, 4) is 0 Å². The van der Waals surface area contributed by atoms with Crippen LogP contribution in [0.1, 0.15) is 24.5 Å². The lowest BCUT2D eigenvalue weighted by molar-refractivity contribution is 0.995. The Labute approximate surface area is 95.8 Å². The van der Waals surface area contributed by atoms with Crippen LogP contribution in [0.5, 0.6) is 0 Å². The van der Waals surface area contributed by atoms with Gasteiger partial charge in [0.15, 0.2) is 0 Å². The Bertz CT molecular complexity index is 336. The van der Waals surface area contributed by atoms with Gasteiger partial charge in [-0.25, -0.2) is 0 Å². The van der Waals surface area contributed by atoms with E-state index in [1.165, 1.54) is 11.1 Å². The summed E-state index contributed by atoms with van der Waals surface area (Å²) in [4.78, 5) is 0. The normalized spacial score (nSPS) is 12.4. The molecule has 1 aromatic carbocycles. The van der Waals surface area contributed by atoms with Gasteiger partial charge in [-0.05, 0) is 18.1 Å². The van der Waals surface area contributed by atoms with Gasteiger partial charge in [-0.2, -0.15) is 11.8 Å². The maximum atomic E-state index is 7.21. The van der Waals surface area contributed by atoms with Gasteiger partial charge in [0, 0.05) is 17.4 Å². The summed E-state index contributed by atoms with van der Waals surface area (Å²) >= 11 is 1.85. The molecule has 0 aromatic heterocycles. The molecule has 1 unspecified atom stereocenters. The fourth-order valence-electron chi connectivity index (χ4n) is 1.37. The number of hydrogen-bond acceptors (Lipinski definition) is 2. The second-order valence-electron chi connectivity index (χ2n) is 3.78. The lowest BCUT2D eigenvalue weighted by atomic mass is 10.1. The monoisotopic (exact) mass is 222 g/mol. The fourth-order valence-corrected chi connectivity index (χ4v) is 2.46. The summed E-state index contributed by atoms with van der Waals surface area (Å²) in [6, 6.07) is 8.41. The van der Waals surface area contributed by atoms with Crippen molar-refractivity contribution in [1.29, 1.82) is 5.41 Å². The molecule has 15 heavy (non-hydrogen) atoms. The van der Waals surface area contributed by atoms with Crippen LogP contribution in [0, 0.1) is 12.3 Å². The van der Waals surface area contributed by atoms with E-state index in [-0.39, 0.29) is 5.84 Å². The maximum Gasteiger partial charge on any atom is 0.0916 e. The quantitative estimate of drug-likeness (QED) is 0.594. The van der Waals surface area contributed by atoms with Gasteiger partial charge in [0.1, 0.15) is 0 Å². The number of thioether (sulfide) groups is 1. The minimum Gasteiger partial charge on any atom is -0.388 e. The number of amidine groups is 1. The third-order valence-corrected chi connectivity index (χ3v) is 3.51. The number of nitrogens with one attached hydrogen (secondary N) is 1. The number of nitrogens with two attached hydrogens (primary N) is 1. The maximum absolute atomic E-state index is 7.21. The minimum absolute atomic E-state index is 0.278. The predicted molar refractivity (Wildman–Crippen MR) is 68.5 cm³/mol. The number of rotatable bonds is 5. The smallest absolute Gasteiger partial charge is 0.0916 e. The zero-order chi connectivity index (χ0) is 11.3. The SMILES string of the molecule is Cc1ccccc1CSC(C)CC(=N)N. The van der Waals surface area contributed by atoms with E-state index in [0.717, 1.165) is 5.75 Å². The molecular weight excluding hydrogens is 204 g/mol. The van der Waals surface area contributed by atoms with Crippen molar-refractivity contribution in [3.63, 3.8) is 0 Å². The molecule has 3 N–H and O–H groups in total. The number of benzene rings is 1. The van der Waals surface area contributed by atoms with Crippen molar-refractivity contribution in [2.24, 2.45) is 5.73 Å². The molecule has 0 aliphatic heterocycles. The van der Waals surface area contributed by atoms with Crippen LogP contribution in [0.4, 0.5) is 0 Å². The van der Waals surface area contributed by atoms with Gasteiger partial charge in [-0.15, -0.1) is 0 Å². The molecule has 0 spiro atoms. The molecule has 0 aliphatic rings. The molecule has 3 heteroatoms. The Morgan fingerprint density at radius 3 is 2.73 bits per heavy atom. The fraction of sp³-hybridized carbons (Fsp3) is 0.417. The minimum atomic E-state index is 0.278. The van der Waals surface area contributed by atoms with Gasteiger partial charge in [-0.1, -0.05) is 31.2 Å². The second-order valence-corrected chi connectivity index (χ2v) is 5.20. The third-order valence-electron chi connectivity index (χ3n) is 2.29. The van der Waals surface area contributed by atoms with Crippen LogP contribution in [0.15, 0.2) is 24.3 Å². The summed E-state index contributed by atoms with van der Waals surface area (Å²) in [5, 5.41) is 7.63. The van der Waals surface area contributed by atoms with E-state index in [1.54, 1.807) is 0 Å². The van der Waals surface area contributed by atoms with Crippen LogP contribution >= 0.6 is 11.8 Å². The lowest BCUT2D eigenvalue weighted by Gasteiger charge is -2.11. The average Bonchev–Trinajstić information content (AvgIpc) is 2.15. The molecule has 0 fully saturated rings. The molecule has 0 saturated carbocycles. The third kappa shape index (κ3) is 4.38. The molecule has 0 bridgehead atoms. The van der Waals surface area contributed by atoms with E-state index in [2.05, 4.69) is 38.1 Å². The van der Waals surface area contributed by atoms with Crippen LogP contribution in [-0.2, 0) is 5.75 Å². The van der Waals surface area contributed by atoms with Gasteiger partial charge in [0.05, 0.1) is 5.84 Å². The zero-order valence-corrected chi connectivity index (χ0v) is 10.1. The molecule has 0 aliphatic carbocycles. The van der Waals surface area contributed by atoms with E-state index >= 15 is 0 Å². The van der Waals surface area contributed by atoms with Gasteiger partial charge >= 0.3 is 0 Å². The van der Waals surface area contributed by atoms with Crippen molar-refractivity contribution >= 4 is 17.6 Å². The highest BCUT2D eigenvalue weighted by molar-refractivity contribution is 7.99. The lowest BCUT2D eigenvalue weighted by Crippen LogP contribution is -2.15. The van der Waals surface area contributed by atoms with Crippen LogP contribution in [0.2, 0.25) is 0 Å². The Hall–Kier alpha value is -0.960. The first kappa shape index (κ1) is 12.1. The summed E-state index contributed by atoms with van der Waals surface area (Å²) in [6.07, 6.45) is 0.677. The highest BCUT2D eigenvalue weighted by Crippen LogP contribution is 2.21. The summed E-state index contributed by atoms with van der Waals surface area (Å²) in [5.74, 6) is 1.28. The number of aryl methyl sites for hydroxylation is 1. The van der Waals surface area contributed by atoms with E-state index in [9.17, 15) is 0 Å². The standard InChI is InChI=1S/C12H18N2S/c1-9-5-3-4-6-11(9)8-15-10(2)7-12(13)14/h3-6,10H,7-8H2,1-2H3,(H3,13,14). The Balaban J connectivity index is 2.43. The van der Waals surface area contributed by atoms with Gasteiger partial charge in [-0.3, -0.25) is 5.41 Å². The summed E-state index contributed by atoms with van der Waals surface area (Å²) in [6.45, 7) is 4.25. The van der Waals surface area contributed by atoms with E-state index in [1.807, 2.05) is 11.8 Å². The first-order chi connectivity index (χ1) is 7.09. The Morgan fingerprint density at radius 2 is 2.13 bits per heavy atom. The molecule has 0 radical (unpaired) electrons. The largest absolute Gasteiger partial charge is 0.388 e. The molecule has 0 heterocycles. The van der Waals surface area contributed by atoms with Crippen molar-refractivity contribution in [3.05, 3.63) is 35.4 Å². The second kappa shape index (κ2) is 5.81. The molecular formula is C12H18N2S. The van der Waals surface area contributed by atoms with Gasteiger partial charge in [0.25, 0.3) is 0 Å². The van der Waals surface area contributed by atoms with Crippen LogP contribution in [-0.4, -0.2) is 11.1 Å². The summed E-state index contributed by atoms with van der Waals surface area (Å²) < 4.78 is 0. The first-order valence-corrected chi connectivity index (χ1v) is 6.13. The molecule has 1 rings (SSSR count). The van der Waals surface area contributed by atoms with E-state index in [4.69, 9.17) is 11.1 Å². The van der Waals surface area contributed by atoms with Crippen molar-refractivity contribution in [1.82, 2.24) is 0 Å². The molecule has 82 valence electrons. The van der Waals surface area contributed by atoms with E-state index in [0.29, 0.717) is 11.7 Å². The van der Waals surface area contributed by atoms with Crippen molar-refractivity contribution in [2.75, 3.05) is 0 Å². The van der Waals surface area contributed by atoms with Crippen LogP contribution in [0.3, 0.4) is 0 Å². The van der Waals surface area contributed by atoms with Gasteiger partial charge < -0.3 is 5.73 Å². The van der Waals surface area contributed by atoms with Gasteiger partial charge in [0.2, 0.25) is 0 Å². The molecule has 0 amide bonds. The molecule has 1 atom stereocenters.